The van der Waals surface area contributed by atoms with Gasteiger partial charge in [0.2, 0.25) is 0 Å². The molecule has 2 aromatic rings. The molecule has 2 heterocycles. The normalized spacial score (nSPS) is 19.7. The average molecular weight is 445 g/mol. The number of amides is 1. The molecule has 1 aromatic heterocycles. The number of carbonyl (C=O) groups is 2. The highest BCUT2D eigenvalue weighted by Crippen LogP contribution is 2.46. The number of anilines is 2. The van der Waals surface area contributed by atoms with Crippen LogP contribution in [0.3, 0.4) is 0 Å². The molecule has 0 fully saturated rings. The Morgan fingerprint density at radius 2 is 1.82 bits per heavy atom. The van der Waals surface area contributed by atoms with Crippen LogP contribution in [-0.2, 0) is 9.59 Å². The summed E-state index contributed by atoms with van der Waals surface area (Å²) >= 11 is 0. The van der Waals surface area contributed by atoms with Gasteiger partial charge in [0.05, 0.1) is 0 Å². The molecule has 2 N–H and O–H groups in total. The second-order valence-corrected chi connectivity index (χ2v) is 10.1. The predicted octanol–water partition coefficient (Wildman–Crippen LogP) is 4.70. The maximum absolute atomic E-state index is 13.6. The van der Waals surface area contributed by atoms with Crippen molar-refractivity contribution < 1.29 is 9.59 Å². The Balaban J connectivity index is 1.80. The molecule has 2 aliphatic rings. The number of ketones is 1. The van der Waals surface area contributed by atoms with Gasteiger partial charge < -0.3 is 15.5 Å². The second kappa shape index (κ2) is 8.50. The van der Waals surface area contributed by atoms with E-state index in [9.17, 15) is 9.59 Å². The van der Waals surface area contributed by atoms with Gasteiger partial charge in [-0.25, -0.2) is 4.98 Å². The minimum Gasteiger partial charge on any atom is -0.378 e. The molecule has 1 atom stereocenters. The lowest BCUT2D eigenvalue weighted by Gasteiger charge is -2.39. The number of pyridine rings is 1. The van der Waals surface area contributed by atoms with Crippen molar-refractivity contribution >= 4 is 23.2 Å². The van der Waals surface area contributed by atoms with E-state index in [0.717, 1.165) is 34.6 Å². The number of nitrogens with zero attached hydrogens (tertiary/aromatic N) is 2. The number of carbonyl (C=O) groups excluding carboxylic acids is 2. The highest BCUT2D eigenvalue weighted by molar-refractivity contribution is 6.09. The number of dihydropyridines is 1. The van der Waals surface area contributed by atoms with E-state index in [1.54, 1.807) is 6.20 Å². The summed E-state index contributed by atoms with van der Waals surface area (Å²) in [4.78, 5) is 33.3. The molecule has 0 bridgehead atoms. The Labute approximate surface area is 195 Å². The zero-order chi connectivity index (χ0) is 23.9. The molecule has 33 heavy (non-hydrogen) atoms. The van der Waals surface area contributed by atoms with Gasteiger partial charge in [-0.15, -0.1) is 0 Å². The van der Waals surface area contributed by atoms with E-state index in [2.05, 4.69) is 29.5 Å². The first-order valence-corrected chi connectivity index (χ1v) is 11.3. The number of benzene rings is 1. The van der Waals surface area contributed by atoms with E-state index in [4.69, 9.17) is 0 Å². The molecule has 6 heteroatoms. The van der Waals surface area contributed by atoms with Gasteiger partial charge in [-0.2, -0.15) is 0 Å². The summed E-state index contributed by atoms with van der Waals surface area (Å²) in [6.45, 7) is 8.10. The van der Waals surface area contributed by atoms with Crippen LogP contribution < -0.4 is 15.5 Å². The number of Topliss-reactive ketones (excluding diaryl/α,β-unsaturated/α-hetero) is 1. The van der Waals surface area contributed by atoms with Crippen LogP contribution in [0, 0.1) is 12.3 Å². The monoisotopic (exact) mass is 444 g/mol. The third-order valence-corrected chi connectivity index (χ3v) is 6.38. The maximum Gasteiger partial charge on any atom is 0.255 e. The van der Waals surface area contributed by atoms with Crippen LogP contribution in [0.5, 0.6) is 0 Å². The maximum atomic E-state index is 13.6. The number of aromatic nitrogens is 1. The van der Waals surface area contributed by atoms with Crippen molar-refractivity contribution in [2.45, 2.75) is 46.5 Å². The first-order chi connectivity index (χ1) is 15.6. The number of hydrogen-bond donors (Lipinski definition) is 2. The summed E-state index contributed by atoms with van der Waals surface area (Å²) in [5.41, 5.74) is 5.86. The van der Waals surface area contributed by atoms with E-state index >= 15 is 0 Å². The molecule has 0 spiro atoms. The van der Waals surface area contributed by atoms with E-state index < -0.39 is 5.92 Å². The molecule has 0 saturated carbocycles. The lowest BCUT2D eigenvalue weighted by Crippen LogP contribution is -2.39. The second-order valence-electron chi connectivity index (χ2n) is 10.1. The van der Waals surface area contributed by atoms with Crippen molar-refractivity contribution in [3.05, 3.63) is 76.3 Å². The SMILES string of the molecule is CC1=C(C(=O)Nc2cc(C)ccn2)[C@H](c2ccc(N(C)C)cc2)C2=C(CC(C)(C)CC2=O)N1. The van der Waals surface area contributed by atoms with Crippen LogP contribution in [0.15, 0.2) is 65.1 Å². The van der Waals surface area contributed by atoms with Gasteiger partial charge in [0.15, 0.2) is 5.78 Å². The van der Waals surface area contributed by atoms with E-state index in [-0.39, 0.29) is 17.1 Å². The third-order valence-electron chi connectivity index (χ3n) is 6.38. The molecule has 1 aromatic carbocycles. The van der Waals surface area contributed by atoms with Gasteiger partial charge in [0.1, 0.15) is 5.82 Å². The zero-order valence-electron chi connectivity index (χ0n) is 20.2. The van der Waals surface area contributed by atoms with Gasteiger partial charge in [-0.3, -0.25) is 9.59 Å². The molecule has 4 rings (SSSR count). The lowest BCUT2D eigenvalue weighted by atomic mass is 9.68. The fraction of sp³-hybridized carbons (Fsp3) is 0.370. The highest BCUT2D eigenvalue weighted by Gasteiger charge is 2.42. The summed E-state index contributed by atoms with van der Waals surface area (Å²) in [6, 6.07) is 11.8. The Morgan fingerprint density at radius 1 is 1.12 bits per heavy atom. The third kappa shape index (κ3) is 4.56. The lowest BCUT2D eigenvalue weighted by molar-refractivity contribution is -0.118. The topological polar surface area (TPSA) is 74.3 Å². The fourth-order valence-electron chi connectivity index (χ4n) is 4.82. The largest absolute Gasteiger partial charge is 0.378 e. The quantitative estimate of drug-likeness (QED) is 0.715. The summed E-state index contributed by atoms with van der Waals surface area (Å²) in [5, 5.41) is 6.36. The number of hydrogen-bond acceptors (Lipinski definition) is 5. The Hall–Kier alpha value is -3.41. The summed E-state index contributed by atoms with van der Waals surface area (Å²) in [5.74, 6) is -0.0744. The molecular weight excluding hydrogens is 412 g/mol. The molecular formula is C27H32N4O2. The summed E-state index contributed by atoms with van der Waals surface area (Å²) in [6.07, 6.45) is 2.91. The average Bonchev–Trinajstić information content (AvgIpc) is 2.71. The van der Waals surface area contributed by atoms with Gasteiger partial charge in [0.25, 0.3) is 5.91 Å². The van der Waals surface area contributed by atoms with Crippen molar-refractivity contribution in [1.29, 1.82) is 0 Å². The molecule has 1 aliphatic heterocycles. The predicted molar refractivity (Wildman–Crippen MR) is 132 cm³/mol. The molecule has 172 valence electrons. The van der Waals surface area contributed by atoms with Gasteiger partial charge in [-0.1, -0.05) is 26.0 Å². The molecule has 1 amide bonds. The summed E-state index contributed by atoms with van der Waals surface area (Å²) < 4.78 is 0. The van der Waals surface area contributed by atoms with Crippen LogP contribution in [0.1, 0.15) is 50.7 Å². The number of nitrogens with one attached hydrogen (secondary N) is 2. The number of allylic oxidation sites excluding steroid dienone is 3. The van der Waals surface area contributed by atoms with Crippen LogP contribution in [-0.4, -0.2) is 30.8 Å². The summed E-state index contributed by atoms with van der Waals surface area (Å²) in [7, 11) is 3.98. The van der Waals surface area contributed by atoms with Crippen LogP contribution in [0.4, 0.5) is 11.5 Å². The van der Waals surface area contributed by atoms with Crippen molar-refractivity contribution in [1.82, 2.24) is 10.3 Å². The number of aryl methyl sites for hydroxylation is 1. The van der Waals surface area contributed by atoms with Gasteiger partial charge in [-0.05, 0) is 61.1 Å². The fourth-order valence-corrected chi connectivity index (χ4v) is 4.82. The molecule has 0 radical (unpaired) electrons. The van der Waals surface area contributed by atoms with Gasteiger partial charge >= 0.3 is 0 Å². The zero-order valence-corrected chi connectivity index (χ0v) is 20.2. The van der Waals surface area contributed by atoms with E-state index in [0.29, 0.717) is 23.4 Å². The minimum atomic E-state index is -0.425. The first kappa shape index (κ1) is 22.8. The van der Waals surface area contributed by atoms with Crippen molar-refractivity contribution in [3.63, 3.8) is 0 Å². The van der Waals surface area contributed by atoms with Crippen LogP contribution in [0.2, 0.25) is 0 Å². The Kier molecular flexibility index (Phi) is 5.87. The molecule has 0 unspecified atom stereocenters. The molecule has 1 aliphatic carbocycles. The standard InChI is InChI=1S/C27H32N4O2/c1-16-11-12-28-22(13-16)30-26(33)23-17(2)29-20-14-27(3,4)15-21(32)25(20)24(23)18-7-9-19(10-8-18)31(5)6/h7-13,24,29H,14-15H2,1-6H3,(H,28,30,33)/t24-/m0/s1. The molecule has 0 saturated heterocycles. The van der Waals surface area contributed by atoms with Crippen LogP contribution in [0.25, 0.3) is 0 Å². The van der Waals surface area contributed by atoms with Crippen molar-refractivity contribution in [2.24, 2.45) is 5.41 Å². The first-order valence-electron chi connectivity index (χ1n) is 11.3. The van der Waals surface area contributed by atoms with Crippen LogP contribution >= 0.6 is 0 Å². The Bertz CT molecular complexity index is 1170. The van der Waals surface area contributed by atoms with Gasteiger partial charge in [0, 0.05) is 60.9 Å². The molecule has 6 nitrogen and oxygen atoms in total. The van der Waals surface area contributed by atoms with E-state index in [1.165, 1.54) is 0 Å². The Morgan fingerprint density at radius 3 is 2.45 bits per heavy atom. The smallest absolute Gasteiger partial charge is 0.255 e. The van der Waals surface area contributed by atoms with Crippen molar-refractivity contribution in [3.8, 4) is 0 Å². The number of rotatable bonds is 4. The van der Waals surface area contributed by atoms with E-state index in [1.807, 2.05) is 69.2 Å². The van der Waals surface area contributed by atoms with Crippen molar-refractivity contribution in [2.75, 3.05) is 24.3 Å². The minimum absolute atomic E-state index is 0.0990. The highest BCUT2D eigenvalue weighted by atomic mass is 16.2.